The first-order valence-corrected chi connectivity index (χ1v) is 7.80. The van der Waals surface area contributed by atoms with Gasteiger partial charge in [0, 0.05) is 0 Å². The van der Waals surface area contributed by atoms with E-state index in [-0.39, 0.29) is 0 Å². The predicted octanol–water partition coefficient (Wildman–Crippen LogP) is 0.765. The van der Waals surface area contributed by atoms with E-state index in [0.717, 1.165) is 0 Å². The molecule has 3 heteroatoms. The van der Waals surface area contributed by atoms with Gasteiger partial charge in [-0.3, -0.25) is 0 Å². The molecule has 0 aliphatic heterocycles. The van der Waals surface area contributed by atoms with Gasteiger partial charge in [-0.2, -0.15) is 0 Å². The Morgan fingerprint density at radius 2 is 1.36 bits per heavy atom. The molecule has 0 atom stereocenters. The number of hydrogen-bond donors (Lipinski definition) is 2. The minimum atomic E-state index is -0.515. The summed E-state index contributed by atoms with van der Waals surface area (Å²) in [6.45, 7) is 6.93. The van der Waals surface area contributed by atoms with Crippen LogP contribution in [0.3, 0.4) is 0 Å². The Bertz CT molecular complexity index is 61.1. The molecule has 0 amide bonds. The molecule has 0 aromatic carbocycles. The molecule has 0 radical (unpaired) electrons. The van der Waals surface area contributed by atoms with Crippen molar-refractivity contribution in [1.82, 2.24) is 8.55 Å². The molecule has 2 N–H and O–H groups in total. The van der Waals surface area contributed by atoms with Gasteiger partial charge in [0.2, 0.25) is 0 Å². The zero-order valence-corrected chi connectivity index (χ0v) is 10.9. The van der Waals surface area contributed by atoms with E-state index in [1.807, 2.05) is 0 Å². The summed E-state index contributed by atoms with van der Waals surface area (Å²) in [6, 6.07) is 0. The summed E-state index contributed by atoms with van der Waals surface area (Å²) in [7, 11) is 0. The number of rotatable bonds is 8. The van der Waals surface area contributed by atoms with E-state index in [2.05, 4.69) is 22.4 Å². The SMILES string of the molecule is CCCC[NH][GeH2][NH]CCCC. The molecular formula is C8H22GeN2. The molecule has 0 spiro atoms. The molecule has 0 aliphatic rings. The topological polar surface area (TPSA) is 24.1 Å². The van der Waals surface area contributed by atoms with Crippen molar-refractivity contribution in [3.05, 3.63) is 0 Å². The van der Waals surface area contributed by atoms with Crippen LogP contribution in [0.5, 0.6) is 0 Å². The number of nitrogens with one attached hydrogen (secondary N) is 2. The zero-order valence-electron chi connectivity index (χ0n) is 7.95. The third-order valence-electron chi connectivity index (χ3n) is 1.66. The fourth-order valence-electron chi connectivity index (χ4n) is 0.869. The van der Waals surface area contributed by atoms with Gasteiger partial charge in [0.1, 0.15) is 0 Å². The number of hydrogen-bond acceptors (Lipinski definition) is 2. The van der Waals surface area contributed by atoms with Gasteiger partial charge in [0.25, 0.3) is 0 Å². The number of unbranched alkanes of at least 4 members (excludes halogenated alkanes) is 2. The monoisotopic (exact) mass is 220 g/mol. The summed E-state index contributed by atoms with van der Waals surface area (Å²) >= 11 is -0.515. The fourth-order valence-corrected chi connectivity index (χ4v) is 3.03. The molecule has 0 rings (SSSR count). The molecule has 0 heterocycles. The van der Waals surface area contributed by atoms with Gasteiger partial charge >= 0.3 is 77.0 Å². The van der Waals surface area contributed by atoms with Crippen LogP contribution in [-0.2, 0) is 0 Å². The van der Waals surface area contributed by atoms with Gasteiger partial charge in [-0.1, -0.05) is 0 Å². The Hall–Kier alpha value is 0.463. The molecule has 0 saturated carbocycles. The maximum atomic E-state index is 3.52. The summed E-state index contributed by atoms with van der Waals surface area (Å²) in [5, 5.41) is 0. The van der Waals surface area contributed by atoms with Gasteiger partial charge in [0.15, 0.2) is 0 Å². The molecule has 0 aliphatic carbocycles. The molecule has 0 fully saturated rings. The summed E-state index contributed by atoms with van der Waals surface area (Å²) in [5.41, 5.74) is 0. The van der Waals surface area contributed by atoms with E-state index in [9.17, 15) is 0 Å². The van der Waals surface area contributed by atoms with Crippen molar-refractivity contribution in [3.63, 3.8) is 0 Å². The van der Waals surface area contributed by atoms with Crippen LogP contribution in [0.4, 0.5) is 0 Å². The van der Waals surface area contributed by atoms with Gasteiger partial charge in [-0.15, -0.1) is 0 Å². The normalized spacial score (nSPS) is 10.4. The summed E-state index contributed by atoms with van der Waals surface area (Å²) < 4.78 is 7.04. The van der Waals surface area contributed by atoms with Gasteiger partial charge in [-0.25, -0.2) is 0 Å². The summed E-state index contributed by atoms with van der Waals surface area (Å²) in [5.74, 6) is 0. The Balaban J connectivity index is 2.69. The van der Waals surface area contributed by atoms with E-state index in [0.29, 0.717) is 0 Å². The van der Waals surface area contributed by atoms with Crippen molar-refractivity contribution < 1.29 is 0 Å². The average Bonchev–Trinajstić information content (AvgIpc) is 2.03. The van der Waals surface area contributed by atoms with Gasteiger partial charge in [-0.05, 0) is 0 Å². The molecule has 2 nitrogen and oxygen atoms in total. The Kier molecular flexibility index (Phi) is 10.9. The van der Waals surface area contributed by atoms with Crippen LogP contribution in [0.25, 0.3) is 0 Å². The van der Waals surface area contributed by atoms with E-state index >= 15 is 0 Å². The molecule has 68 valence electrons. The van der Waals surface area contributed by atoms with Crippen LogP contribution in [-0.4, -0.2) is 29.0 Å². The Morgan fingerprint density at radius 3 is 1.73 bits per heavy atom. The van der Waals surface area contributed by atoms with Crippen LogP contribution in [0.1, 0.15) is 39.5 Å². The molecule has 0 unspecified atom stereocenters. The standard InChI is InChI=1S/C8H22GeN2/c1-3-5-7-10-9-11-8-6-4-2/h10-11H,3-9H2,1-2H3. The van der Waals surface area contributed by atoms with E-state index in [1.54, 1.807) is 0 Å². The van der Waals surface area contributed by atoms with E-state index in [4.69, 9.17) is 0 Å². The maximum absolute atomic E-state index is 3.52. The minimum absolute atomic E-state index is 0.515. The van der Waals surface area contributed by atoms with Crippen LogP contribution >= 0.6 is 0 Å². The third kappa shape index (κ3) is 10.5. The van der Waals surface area contributed by atoms with Crippen molar-refractivity contribution in [2.75, 3.05) is 13.1 Å². The van der Waals surface area contributed by atoms with Gasteiger partial charge < -0.3 is 0 Å². The molecule has 0 aromatic rings. The third-order valence-corrected chi connectivity index (χ3v) is 4.20. The van der Waals surface area contributed by atoms with Crippen molar-refractivity contribution in [2.24, 2.45) is 0 Å². The van der Waals surface area contributed by atoms with E-state index < -0.39 is 15.9 Å². The average molecular weight is 219 g/mol. The first kappa shape index (κ1) is 11.5. The zero-order chi connectivity index (χ0) is 8.36. The Labute approximate surface area is 77.4 Å². The molecule has 0 saturated heterocycles. The fraction of sp³-hybridized carbons (Fsp3) is 1.00. The van der Waals surface area contributed by atoms with Crippen molar-refractivity contribution >= 4 is 15.9 Å². The predicted molar refractivity (Wildman–Crippen MR) is 54.4 cm³/mol. The van der Waals surface area contributed by atoms with Crippen molar-refractivity contribution in [2.45, 2.75) is 39.5 Å². The molecule has 11 heavy (non-hydrogen) atoms. The summed E-state index contributed by atoms with van der Waals surface area (Å²) in [6.07, 6.45) is 5.29. The first-order valence-electron chi connectivity index (χ1n) is 4.83. The van der Waals surface area contributed by atoms with Crippen LogP contribution in [0.15, 0.2) is 0 Å². The van der Waals surface area contributed by atoms with Crippen molar-refractivity contribution in [1.29, 1.82) is 0 Å². The van der Waals surface area contributed by atoms with Crippen LogP contribution in [0.2, 0.25) is 0 Å². The molecule has 0 bridgehead atoms. The summed E-state index contributed by atoms with van der Waals surface area (Å²) in [4.78, 5) is 0. The van der Waals surface area contributed by atoms with Crippen LogP contribution < -0.4 is 8.55 Å². The molecular weight excluding hydrogens is 197 g/mol. The van der Waals surface area contributed by atoms with E-state index in [1.165, 1.54) is 38.8 Å². The quantitative estimate of drug-likeness (QED) is 0.465. The molecule has 0 aromatic heterocycles. The second-order valence-corrected chi connectivity index (χ2v) is 5.72. The van der Waals surface area contributed by atoms with Crippen LogP contribution in [0, 0.1) is 0 Å². The van der Waals surface area contributed by atoms with Gasteiger partial charge in [0.05, 0.1) is 0 Å². The first-order chi connectivity index (χ1) is 5.41. The Morgan fingerprint density at radius 1 is 0.909 bits per heavy atom. The second-order valence-electron chi connectivity index (χ2n) is 2.88. The van der Waals surface area contributed by atoms with Crippen molar-refractivity contribution in [3.8, 4) is 0 Å². The second kappa shape index (κ2) is 10.5.